The van der Waals surface area contributed by atoms with Crippen LogP contribution in [-0.2, 0) is 19.1 Å². The van der Waals surface area contributed by atoms with Gasteiger partial charge < -0.3 is 9.47 Å². The first kappa shape index (κ1) is 21.0. The third-order valence-corrected chi connectivity index (χ3v) is 4.84. The Morgan fingerprint density at radius 3 is 2.25 bits per heavy atom. The number of carbonyl (C=O) groups is 2. The van der Waals surface area contributed by atoms with Crippen LogP contribution in [0.15, 0.2) is 0 Å². The van der Waals surface area contributed by atoms with Crippen molar-refractivity contribution in [3.05, 3.63) is 0 Å². The normalized spacial score (nSPS) is 21.7. The predicted molar refractivity (Wildman–Crippen MR) is 95.6 cm³/mol. The maximum atomic E-state index is 12.1. The third kappa shape index (κ3) is 7.67. The van der Waals surface area contributed by atoms with Gasteiger partial charge in [0.15, 0.2) is 6.61 Å². The first-order valence-corrected chi connectivity index (χ1v) is 9.18. The average molecular weight is 341 g/mol. The van der Waals surface area contributed by atoms with E-state index < -0.39 is 11.6 Å². The monoisotopic (exact) mass is 340 g/mol. The SMILES string of the molecule is CC(C)(C)CC(=O)OCC(=O)OC(C)(C)C1CCCCC(C)(C)C1. The maximum Gasteiger partial charge on any atom is 0.344 e. The van der Waals surface area contributed by atoms with Crippen LogP contribution in [0.2, 0.25) is 0 Å². The largest absolute Gasteiger partial charge is 0.457 e. The Bertz CT molecular complexity index is 443. The second-order valence-corrected chi connectivity index (χ2v) is 9.79. The third-order valence-electron chi connectivity index (χ3n) is 4.84. The van der Waals surface area contributed by atoms with E-state index in [9.17, 15) is 9.59 Å². The average Bonchev–Trinajstić information content (AvgIpc) is 2.55. The van der Waals surface area contributed by atoms with E-state index in [0.29, 0.717) is 12.3 Å². The standard InChI is InChI=1S/C20H36O4/c1-18(2,3)13-16(21)23-14-17(22)24-20(6,7)15-10-8-9-11-19(4,5)12-15/h15H,8-14H2,1-7H3. The lowest BCUT2D eigenvalue weighted by atomic mass is 9.75. The minimum atomic E-state index is -0.533. The summed E-state index contributed by atoms with van der Waals surface area (Å²) in [4.78, 5) is 23.9. The van der Waals surface area contributed by atoms with Gasteiger partial charge in [0.2, 0.25) is 0 Å². The number of carbonyl (C=O) groups excluding carboxylic acids is 2. The summed E-state index contributed by atoms with van der Waals surface area (Å²) < 4.78 is 10.8. The molecule has 1 atom stereocenters. The number of esters is 2. The molecule has 4 nitrogen and oxygen atoms in total. The molecule has 0 aromatic rings. The molecular formula is C20H36O4. The molecule has 0 aliphatic heterocycles. The second kappa shape index (κ2) is 7.88. The molecule has 1 fully saturated rings. The molecule has 0 bridgehead atoms. The highest BCUT2D eigenvalue weighted by Gasteiger charge is 2.38. The van der Waals surface area contributed by atoms with Crippen molar-refractivity contribution >= 4 is 11.9 Å². The van der Waals surface area contributed by atoms with Crippen LogP contribution in [0.5, 0.6) is 0 Å². The highest BCUT2D eigenvalue weighted by molar-refractivity contribution is 5.76. The Labute approximate surface area is 147 Å². The lowest BCUT2D eigenvalue weighted by Gasteiger charge is -2.37. The summed E-state index contributed by atoms with van der Waals surface area (Å²) in [6.07, 6.45) is 6.05. The number of ether oxygens (including phenoxy) is 2. The zero-order chi connectivity index (χ0) is 18.6. The molecule has 0 amide bonds. The van der Waals surface area contributed by atoms with Crippen molar-refractivity contribution in [1.82, 2.24) is 0 Å². The summed E-state index contributed by atoms with van der Waals surface area (Å²) in [7, 11) is 0. The molecule has 1 aliphatic carbocycles. The molecule has 0 N–H and O–H groups in total. The van der Waals surface area contributed by atoms with Gasteiger partial charge in [-0.2, -0.15) is 0 Å². The van der Waals surface area contributed by atoms with Crippen LogP contribution in [0, 0.1) is 16.7 Å². The Hall–Kier alpha value is -1.06. The Balaban J connectivity index is 2.53. The first-order valence-electron chi connectivity index (χ1n) is 9.18. The molecule has 0 spiro atoms. The van der Waals surface area contributed by atoms with Gasteiger partial charge in [-0.1, -0.05) is 47.5 Å². The molecule has 1 aliphatic rings. The van der Waals surface area contributed by atoms with Crippen LogP contribution in [0.4, 0.5) is 0 Å². The summed E-state index contributed by atoms with van der Waals surface area (Å²) in [5, 5.41) is 0. The number of hydrogen-bond acceptors (Lipinski definition) is 4. The minimum absolute atomic E-state index is 0.147. The summed E-state index contributed by atoms with van der Waals surface area (Å²) in [6, 6.07) is 0. The van der Waals surface area contributed by atoms with Gasteiger partial charge in [-0.15, -0.1) is 0 Å². The Kier molecular flexibility index (Phi) is 6.89. The van der Waals surface area contributed by atoms with E-state index in [1.54, 1.807) is 0 Å². The quantitative estimate of drug-likeness (QED) is 0.528. The van der Waals surface area contributed by atoms with Crippen molar-refractivity contribution in [2.45, 2.75) is 92.6 Å². The van der Waals surface area contributed by atoms with Crippen LogP contribution in [0.3, 0.4) is 0 Å². The molecule has 0 aromatic carbocycles. The van der Waals surface area contributed by atoms with E-state index >= 15 is 0 Å². The van der Waals surface area contributed by atoms with Crippen LogP contribution in [0.25, 0.3) is 0 Å². The molecule has 24 heavy (non-hydrogen) atoms. The fourth-order valence-electron chi connectivity index (χ4n) is 3.49. The molecule has 140 valence electrons. The van der Waals surface area contributed by atoms with E-state index in [0.717, 1.165) is 12.8 Å². The van der Waals surface area contributed by atoms with E-state index in [1.807, 2.05) is 34.6 Å². The fraction of sp³-hybridized carbons (Fsp3) is 0.900. The van der Waals surface area contributed by atoms with E-state index in [-0.39, 0.29) is 23.4 Å². The highest BCUT2D eigenvalue weighted by Crippen LogP contribution is 2.42. The molecular weight excluding hydrogens is 304 g/mol. The van der Waals surface area contributed by atoms with Crippen LogP contribution in [0.1, 0.15) is 87.0 Å². The predicted octanol–water partition coefficient (Wildman–Crippen LogP) is 4.89. The summed E-state index contributed by atoms with van der Waals surface area (Å²) in [5.74, 6) is -0.471. The maximum absolute atomic E-state index is 12.1. The lowest BCUT2D eigenvalue weighted by Crippen LogP contribution is -2.39. The zero-order valence-electron chi connectivity index (χ0n) is 16.7. The smallest absolute Gasteiger partial charge is 0.344 e. The van der Waals surface area contributed by atoms with E-state index in [1.165, 1.54) is 19.3 Å². The van der Waals surface area contributed by atoms with Crippen LogP contribution < -0.4 is 0 Å². The van der Waals surface area contributed by atoms with Gasteiger partial charge >= 0.3 is 11.9 Å². The minimum Gasteiger partial charge on any atom is -0.457 e. The topological polar surface area (TPSA) is 52.6 Å². The van der Waals surface area contributed by atoms with Gasteiger partial charge in [-0.3, -0.25) is 4.79 Å². The van der Waals surface area contributed by atoms with Crippen molar-refractivity contribution in [1.29, 1.82) is 0 Å². The van der Waals surface area contributed by atoms with Crippen molar-refractivity contribution < 1.29 is 19.1 Å². The van der Waals surface area contributed by atoms with E-state index in [4.69, 9.17) is 9.47 Å². The van der Waals surface area contributed by atoms with Gasteiger partial charge in [-0.25, -0.2) is 4.79 Å². The lowest BCUT2D eigenvalue weighted by molar-refractivity contribution is -0.173. The first-order chi connectivity index (χ1) is 10.8. The van der Waals surface area contributed by atoms with Crippen molar-refractivity contribution in [3.8, 4) is 0 Å². The van der Waals surface area contributed by atoms with Gasteiger partial charge in [0.05, 0.1) is 6.42 Å². The number of rotatable bonds is 5. The van der Waals surface area contributed by atoms with Crippen LogP contribution >= 0.6 is 0 Å². The zero-order valence-corrected chi connectivity index (χ0v) is 16.7. The van der Waals surface area contributed by atoms with Gasteiger partial charge in [0.1, 0.15) is 5.60 Å². The summed E-state index contributed by atoms with van der Waals surface area (Å²) in [6.45, 7) is 14.1. The Morgan fingerprint density at radius 1 is 1.04 bits per heavy atom. The molecule has 1 saturated carbocycles. The highest BCUT2D eigenvalue weighted by atomic mass is 16.6. The van der Waals surface area contributed by atoms with Crippen molar-refractivity contribution in [2.24, 2.45) is 16.7 Å². The van der Waals surface area contributed by atoms with Crippen molar-refractivity contribution in [2.75, 3.05) is 6.61 Å². The molecule has 0 radical (unpaired) electrons. The molecule has 1 unspecified atom stereocenters. The van der Waals surface area contributed by atoms with Crippen LogP contribution in [-0.4, -0.2) is 24.1 Å². The number of hydrogen-bond donors (Lipinski definition) is 0. The molecule has 1 rings (SSSR count). The van der Waals surface area contributed by atoms with Gasteiger partial charge in [0.25, 0.3) is 0 Å². The molecule has 0 saturated heterocycles. The molecule has 0 aromatic heterocycles. The molecule has 4 heteroatoms. The van der Waals surface area contributed by atoms with Gasteiger partial charge in [-0.05, 0) is 49.9 Å². The van der Waals surface area contributed by atoms with Gasteiger partial charge in [0, 0.05) is 0 Å². The molecule has 0 heterocycles. The van der Waals surface area contributed by atoms with E-state index in [2.05, 4.69) is 13.8 Å². The summed E-state index contributed by atoms with van der Waals surface area (Å²) in [5.41, 5.74) is -0.397. The summed E-state index contributed by atoms with van der Waals surface area (Å²) >= 11 is 0. The second-order valence-electron chi connectivity index (χ2n) is 9.79. The fourth-order valence-corrected chi connectivity index (χ4v) is 3.49. The Morgan fingerprint density at radius 2 is 1.67 bits per heavy atom. The van der Waals surface area contributed by atoms with Crippen molar-refractivity contribution in [3.63, 3.8) is 0 Å².